The van der Waals surface area contributed by atoms with Crippen LogP contribution in [0.5, 0.6) is 0 Å². The highest BCUT2D eigenvalue weighted by Crippen LogP contribution is 2.26. The number of aromatic nitrogens is 5. The van der Waals surface area contributed by atoms with Crippen molar-refractivity contribution in [3.8, 4) is 0 Å². The van der Waals surface area contributed by atoms with E-state index in [2.05, 4.69) is 67.0 Å². The third-order valence-corrected chi connectivity index (χ3v) is 7.54. The molecule has 0 aliphatic heterocycles. The Kier molecular flexibility index (Phi) is 7.29. The van der Waals surface area contributed by atoms with E-state index < -0.39 is 0 Å². The average Bonchev–Trinajstić information content (AvgIpc) is 3.51. The van der Waals surface area contributed by atoms with Gasteiger partial charge < -0.3 is 9.88 Å². The standard InChI is InChI=1S/C24H28N6OS2/c1-16-22(17(2)29(4)28-16)25-23(31)18(3)33-24-27-26-21(15-20-11-8-14-32-20)30(24)13-12-19-9-6-5-7-10-19/h5-11,14,18H,12-13,15H2,1-4H3,(H,25,31). The lowest BCUT2D eigenvalue weighted by Gasteiger charge is -2.14. The number of thioether (sulfide) groups is 1. The van der Waals surface area contributed by atoms with Crippen LogP contribution in [0.15, 0.2) is 53.0 Å². The summed E-state index contributed by atoms with van der Waals surface area (Å²) in [5.74, 6) is 0.846. The van der Waals surface area contributed by atoms with E-state index in [1.807, 2.05) is 33.9 Å². The van der Waals surface area contributed by atoms with Crippen LogP contribution >= 0.6 is 23.1 Å². The third kappa shape index (κ3) is 5.54. The molecule has 3 aromatic heterocycles. The molecule has 172 valence electrons. The van der Waals surface area contributed by atoms with Gasteiger partial charge in [-0.1, -0.05) is 48.2 Å². The summed E-state index contributed by atoms with van der Waals surface area (Å²) in [6, 6.07) is 14.6. The second kappa shape index (κ2) is 10.4. The van der Waals surface area contributed by atoms with Gasteiger partial charge in [-0.25, -0.2) is 0 Å². The molecule has 4 rings (SSSR count). The third-order valence-electron chi connectivity index (χ3n) is 5.58. The maximum Gasteiger partial charge on any atom is 0.237 e. The quantitative estimate of drug-likeness (QED) is 0.353. The smallest absolute Gasteiger partial charge is 0.237 e. The summed E-state index contributed by atoms with van der Waals surface area (Å²) in [5.41, 5.74) is 3.78. The minimum atomic E-state index is -0.335. The van der Waals surface area contributed by atoms with Crippen molar-refractivity contribution >= 4 is 34.7 Å². The molecule has 0 fully saturated rings. The molecule has 1 aromatic carbocycles. The van der Waals surface area contributed by atoms with Crippen LogP contribution in [-0.2, 0) is 31.2 Å². The first-order valence-electron chi connectivity index (χ1n) is 10.9. The summed E-state index contributed by atoms with van der Waals surface area (Å²) in [4.78, 5) is 14.2. The number of anilines is 1. The molecule has 3 heterocycles. The van der Waals surface area contributed by atoms with Crippen molar-refractivity contribution in [2.75, 3.05) is 5.32 Å². The minimum Gasteiger partial charge on any atom is -0.322 e. The number of hydrogen-bond donors (Lipinski definition) is 1. The van der Waals surface area contributed by atoms with Crippen LogP contribution in [0.1, 0.15) is 34.6 Å². The molecular weight excluding hydrogens is 452 g/mol. The molecule has 1 N–H and O–H groups in total. The summed E-state index contributed by atoms with van der Waals surface area (Å²) in [6.45, 7) is 6.51. The lowest BCUT2D eigenvalue weighted by Crippen LogP contribution is -2.23. The first-order chi connectivity index (χ1) is 15.9. The van der Waals surface area contributed by atoms with Crippen LogP contribution in [0.3, 0.4) is 0 Å². The highest BCUT2D eigenvalue weighted by molar-refractivity contribution is 8.00. The lowest BCUT2D eigenvalue weighted by atomic mass is 10.1. The number of thiophene rings is 1. The van der Waals surface area contributed by atoms with E-state index in [0.717, 1.165) is 47.4 Å². The molecular formula is C24H28N6OS2. The first-order valence-corrected chi connectivity index (χ1v) is 12.6. The van der Waals surface area contributed by atoms with E-state index in [-0.39, 0.29) is 11.2 Å². The number of benzene rings is 1. The molecule has 1 unspecified atom stereocenters. The molecule has 9 heteroatoms. The van der Waals surface area contributed by atoms with Crippen molar-refractivity contribution in [3.63, 3.8) is 0 Å². The van der Waals surface area contributed by atoms with Crippen molar-refractivity contribution in [1.82, 2.24) is 24.5 Å². The van der Waals surface area contributed by atoms with Crippen LogP contribution in [0.2, 0.25) is 0 Å². The van der Waals surface area contributed by atoms with E-state index in [1.165, 1.54) is 22.2 Å². The molecule has 33 heavy (non-hydrogen) atoms. The number of hydrogen-bond acceptors (Lipinski definition) is 6. The van der Waals surface area contributed by atoms with Gasteiger partial charge in [-0.15, -0.1) is 21.5 Å². The van der Waals surface area contributed by atoms with Crippen LogP contribution in [0, 0.1) is 13.8 Å². The largest absolute Gasteiger partial charge is 0.322 e. The molecule has 0 spiro atoms. The molecule has 7 nitrogen and oxygen atoms in total. The van der Waals surface area contributed by atoms with E-state index in [1.54, 1.807) is 16.0 Å². The summed E-state index contributed by atoms with van der Waals surface area (Å²) >= 11 is 3.15. The number of nitrogens with zero attached hydrogens (tertiary/aromatic N) is 5. The zero-order chi connectivity index (χ0) is 23.4. The van der Waals surface area contributed by atoms with E-state index >= 15 is 0 Å². The first kappa shape index (κ1) is 23.3. The SMILES string of the molecule is Cc1nn(C)c(C)c1NC(=O)C(C)Sc1nnc(Cc2cccs2)n1CCc1ccccc1. The van der Waals surface area contributed by atoms with Gasteiger partial charge in [-0.3, -0.25) is 9.48 Å². The van der Waals surface area contributed by atoms with Gasteiger partial charge in [0.15, 0.2) is 5.16 Å². The topological polar surface area (TPSA) is 77.6 Å². The summed E-state index contributed by atoms with van der Waals surface area (Å²) < 4.78 is 3.93. The maximum absolute atomic E-state index is 13.0. The average molecular weight is 481 g/mol. The fraction of sp³-hybridized carbons (Fsp3) is 0.333. The molecule has 0 radical (unpaired) electrons. The summed E-state index contributed by atoms with van der Waals surface area (Å²) in [5, 5.41) is 18.9. The molecule has 0 saturated heterocycles. The number of amides is 1. The molecule has 0 bridgehead atoms. The fourth-order valence-corrected chi connectivity index (χ4v) is 5.20. The number of carbonyl (C=O) groups excluding carboxylic acids is 1. The fourth-order valence-electron chi connectivity index (χ4n) is 3.61. The van der Waals surface area contributed by atoms with E-state index in [0.29, 0.717) is 0 Å². The summed E-state index contributed by atoms with van der Waals surface area (Å²) in [6.07, 6.45) is 1.60. The van der Waals surface area contributed by atoms with Crippen molar-refractivity contribution in [2.45, 2.75) is 50.6 Å². The van der Waals surface area contributed by atoms with Crippen LogP contribution in [0.4, 0.5) is 5.69 Å². The zero-order valence-electron chi connectivity index (χ0n) is 19.3. The van der Waals surface area contributed by atoms with E-state index in [4.69, 9.17) is 0 Å². The van der Waals surface area contributed by atoms with E-state index in [9.17, 15) is 4.79 Å². The Morgan fingerprint density at radius 2 is 1.94 bits per heavy atom. The Morgan fingerprint density at radius 3 is 2.61 bits per heavy atom. The van der Waals surface area contributed by atoms with Crippen LogP contribution < -0.4 is 5.32 Å². The van der Waals surface area contributed by atoms with Gasteiger partial charge in [0.25, 0.3) is 0 Å². The number of aryl methyl sites for hydroxylation is 3. The Morgan fingerprint density at radius 1 is 1.15 bits per heavy atom. The predicted octanol–water partition coefficient (Wildman–Crippen LogP) is 4.64. The normalized spacial score (nSPS) is 12.1. The Balaban J connectivity index is 1.51. The van der Waals surface area contributed by atoms with Crippen molar-refractivity contribution in [2.24, 2.45) is 7.05 Å². The van der Waals surface area contributed by atoms with Gasteiger partial charge in [0.2, 0.25) is 5.91 Å². The van der Waals surface area contributed by atoms with Gasteiger partial charge in [0.1, 0.15) is 5.82 Å². The number of rotatable bonds is 9. The monoisotopic (exact) mass is 480 g/mol. The Bertz CT molecular complexity index is 1210. The van der Waals surface area contributed by atoms with Gasteiger partial charge >= 0.3 is 0 Å². The highest BCUT2D eigenvalue weighted by Gasteiger charge is 2.22. The lowest BCUT2D eigenvalue weighted by molar-refractivity contribution is -0.115. The second-order valence-electron chi connectivity index (χ2n) is 7.96. The molecule has 4 aromatic rings. The van der Waals surface area contributed by atoms with Crippen LogP contribution in [-0.4, -0.2) is 35.7 Å². The number of nitrogens with one attached hydrogen (secondary N) is 1. The molecule has 1 atom stereocenters. The second-order valence-corrected chi connectivity index (χ2v) is 10.3. The van der Waals surface area contributed by atoms with Gasteiger partial charge in [0, 0.05) is 24.9 Å². The highest BCUT2D eigenvalue weighted by atomic mass is 32.2. The van der Waals surface area contributed by atoms with Crippen molar-refractivity contribution in [1.29, 1.82) is 0 Å². The molecule has 0 aliphatic rings. The predicted molar refractivity (Wildman–Crippen MR) is 134 cm³/mol. The van der Waals surface area contributed by atoms with Crippen LogP contribution in [0.25, 0.3) is 0 Å². The number of carbonyl (C=O) groups is 1. The maximum atomic E-state index is 13.0. The minimum absolute atomic E-state index is 0.0726. The molecule has 0 saturated carbocycles. The molecule has 1 amide bonds. The molecule has 0 aliphatic carbocycles. The van der Waals surface area contributed by atoms with Crippen molar-refractivity contribution in [3.05, 3.63) is 75.5 Å². The van der Waals surface area contributed by atoms with Crippen molar-refractivity contribution < 1.29 is 4.79 Å². The zero-order valence-corrected chi connectivity index (χ0v) is 20.9. The Labute approximate surface area is 202 Å². The Hall–Kier alpha value is -2.91. The van der Waals surface area contributed by atoms with Gasteiger partial charge in [-0.2, -0.15) is 5.10 Å². The summed E-state index contributed by atoms with van der Waals surface area (Å²) in [7, 11) is 1.88. The van der Waals surface area contributed by atoms with Gasteiger partial charge in [-0.05, 0) is 44.2 Å². The van der Waals surface area contributed by atoms with Gasteiger partial charge in [0.05, 0.1) is 22.3 Å².